The van der Waals surface area contributed by atoms with E-state index in [1.165, 1.54) is 0 Å². The van der Waals surface area contributed by atoms with Crippen molar-refractivity contribution >= 4 is 0 Å². The van der Waals surface area contributed by atoms with Crippen molar-refractivity contribution in [3.63, 3.8) is 0 Å². The van der Waals surface area contributed by atoms with Gasteiger partial charge in [-0.05, 0) is 18.8 Å². The molecule has 0 spiro atoms. The molecule has 0 amide bonds. The molecule has 2 aliphatic rings. The summed E-state index contributed by atoms with van der Waals surface area (Å²) >= 11 is 0. The smallest absolute Gasteiger partial charge is 0.160 e. The minimum Gasteiger partial charge on any atom is -0.356 e. The van der Waals surface area contributed by atoms with Crippen molar-refractivity contribution < 1.29 is 18.9 Å². The van der Waals surface area contributed by atoms with Crippen molar-refractivity contribution in [3.8, 4) is 0 Å². The molecule has 0 bridgehead atoms. The van der Waals surface area contributed by atoms with Gasteiger partial charge in [-0.1, -0.05) is 13.8 Å². The van der Waals surface area contributed by atoms with E-state index in [1.54, 1.807) is 7.11 Å². The van der Waals surface area contributed by atoms with Crippen LogP contribution in [0.25, 0.3) is 0 Å². The SMILES string of the molecule is COC1CCC(CCOC2OCC(C)C2C)O1. The molecular formula is C13H24O4. The second kappa shape index (κ2) is 6.14. The molecule has 0 radical (unpaired) electrons. The highest BCUT2D eigenvalue weighted by molar-refractivity contribution is 4.73. The lowest BCUT2D eigenvalue weighted by Crippen LogP contribution is -2.22. The van der Waals surface area contributed by atoms with Gasteiger partial charge < -0.3 is 18.9 Å². The van der Waals surface area contributed by atoms with E-state index in [4.69, 9.17) is 18.9 Å². The first kappa shape index (κ1) is 13.3. The van der Waals surface area contributed by atoms with Gasteiger partial charge in [0.1, 0.15) is 0 Å². The lowest BCUT2D eigenvalue weighted by atomic mass is 9.99. The summed E-state index contributed by atoms with van der Waals surface area (Å²) in [5.74, 6) is 1.09. The standard InChI is InChI=1S/C13H24O4/c1-9-8-16-13(10(9)2)15-7-6-11-4-5-12(14-3)17-11/h9-13H,4-8H2,1-3H3. The van der Waals surface area contributed by atoms with Crippen molar-refractivity contribution in [1.29, 1.82) is 0 Å². The molecule has 17 heavy (non-hydrogen) atoms. The molecule has 2 fully saturated rings. The minimum absolute atomic E-state index is 0.0123. The number of hydrogen-bond acceptors (Lipinski definition) is 4. The van der Waals surface area contributed by atoms with Crippen LogP contribution < -0.4 is 0 Å². The zero-order valence-electron chi connectivity index (χ0n) is 11.1. The van der Waals surface area contributed by atoms with Crippen LogP contribution in [-0.2, 0) is 18.9 Å². The number of ether oxygens (including phenoxy) is 4. The van der Waals surface area contributed by atoms with Gasteiger partial charge in [0, 0.05) is 19.4 Å². The fourth-order valence-corrected chi connectivity index (χ4v) is 2.39. The van der Waals surface area contributed by atoms with Crippen LogP contribution in [0.2, 0.25) is 0 Å². The van der Waals surface area contributed by atoms with Crippen LogP contribution >= 0.6 is 0 Å². The average molecular weight is 244 g/mol. The maximum atomic E-state index is 5.77. The second-order valence-electron chi connectivity index (χ2n) is 5.20. The third kappa shape index (κ3) is 3.41. The summed E-state index contributed by atoms with van der Waals surface area (Å²) in [6, 6.07) is 0. The number of rotatable bonds is 5. The summed E-state index contributed by atoms with van der Waals surface area (Å²) in [6.45, 7) is 5.92. The highest BCUT2D eigenvalue weighted by Crippen LogP contribution is 2.28. The Bertz CT molecular complexity index is 233. The lowest BCUT2D eigenvalue weighted by molar-refractivity contribution is -0.146. The summed E-state index contributed by atoms with van der Waals surface area (Å²) in [5.41, 5.74) is 0. The van der Waals surface area contributed by atoms with Crippen molar-refractivity contribution in [2.24, 2.45) is 11.8 Å². The Kier molecular flexibility index (Phi) is 4.79. The quantitative estimate of drug-likeness (QED) is 0.742. The van der Waals surface area contributed by atoms with Gasteiger partial charge in [0.05, 0.1) is 19.3 Å². The molecule has 5 unspecified atom stereocenters. The first-order valence-electron chi connectivity index (χ1n) is 6.62. The summed E-state index contributed by atoms with van der Waals surface area (Å²) in [6.07, 6.45) is 3.25. The van der Waals surface area contributed by atoms with Crippen LogP contribution in [-0.4, -0.2) is 39.0 Å². The third-order valence-corrected chi connectivity index (χ3v) is 3.90. The second-order valence-corrected chi connectivity index (χ2v) is 5.20. The molecule has 0 aromatic rings. The number of methoxy groups -OCH3 is 1. The van der Waals surface area contributed by atoms with Gasteiger partial charge >= 0.3 is 0 Å². The van der Waals surface area contributed by atoms with Crippen molar-refractivity contribution in [1.82, 2.24) is 0 Å². The van der Waals surface area contributed by atoms with E-state index in [2.05, 4.69) is 13.8 Å². The van der Waals surface area contributed by atoms with E-state index < -0.39 is 0 Å². The summed E-state index contributed by atoms with van der Waals surface area (Å²) < 4.78 is 22.2. The largest absolute Gasteiger partial charge is 0.356 e. The summed E-state index contributed by atoms with van der Waals surface area (Å²) in [7, 11) is 1.69. The van der Waals surface area contributed by atoms with Gasteiger partial charge in [0.2, 0.25) is 0 Å². The zero-order valence-corrected chi connectivity index (χ0v) is 11.1. The molecule has 0 aromatic heterocycles. The van der Waals surface area contributed by atoms with Gasteiger partial charge in [-0.25, -0.2) is 0 Å². The molecular weight excluding hydrogens is 220 g/mol. The van der Waals surface area contributed by atoms with Gasteiger partial charge in [-0.2, -0.15) is 0 Å². The predicted molar refractivity (Wildman–Crippen MR) is 63.5 cm³/mol. The molecule has 2 rings (SSSR count). The van der Waals surface area contributed by atoms with E-state index in [1.807, 2.05) is 0 Å². The van der Waals surface area contributed by atoms with Crippen LogP contribution in [0.5, 0.6) is 0 Å². The van der Waals surface area contributed by atoms with E-state index in [9.17, 15) is 0 Å². The Hall–Kier alpha value is -0.160. The molecule has 0 aliphatic carbocycles. The average Bonchev–Trinajstić information content (AvgIpc) is 2.90. The van der Waals surface area contributed by atoms with E-state index in [0.717, 1.165) is 25.9 Å². The van der Waals surface area contributed by atoms with Gasteiger partial charge in [0.15, 0.2) is 12.6 Å². The predicted octanol–water partition coefficient (Wildman–Crippen LogP) is 2.17. The number of hydrogen-bond donors (Lipinski definition) is 0. The van der Waals surface area contributed by atoms with Crippen molar-refractivity contribution in [2.75, 3.05) is 20.3 Å². The van der Waals surface area contributed by atoms with Gasteiger partial charge in [-0.15, -0.1) is 0 Å². The fourth-order valence-electron chi connectivity index (χ4n) is 2.39. The fraction of sp³-hybridized carbons (Fsp3) is 1.00. The summed E-state index contributed by atoms with van der Waals surface area (Å²) in [4.78, 5) is 0. The van der Waals surface area contributed by atoms with Crippen LogP contribution in [0, 0.1) is 11.8 Å². The van der Waals surface area contributed by atoms with Crippen LogP contribution in [0.15, 0.2) is 0 Å². The topological polar surface area (TPSA) is 36.9 Å². The zero-order chi connectivity index (χ0) is 12.3. The van der Waals surface area contributed by atoms with Crippen LogP contribution in [0.3, 0.4) is 0 Å². The highest BCUT2D eigenvalue weighted by Gasteiger charge is 2.32. The monoisotopic (exact) mass is 244 g/mol. The molecule has 0 aromatic carbocycles. The van der Waals surface area contributed by atoms with Gasteiger partial charge in [0.25, 0.3) is 0 Å². The van der Waals surface area contributed by atoms with Crippen LogP contribution in [0.1, 0.15) is 33.1 Å². The first-order chi connectivity index (χ1) is 8.20. The van der Waals surface area contributed by atoms with Crippen LogP contribution in [0.4, 0.5) is 0 Å². The maximum Gasteiger partial charge on any atom is 0.160 e. The molecule has 100 valence electrons. The van der Waals surface area contributed by atoms with E-state index >= 15 is 0 Å². The molecule has 4 heteroatoms. The molecule has 2 aliphatic heterocycles. The Labute approximate surface area is 104 Å². The highest BCUT2D eigenvalue weighted by atomic mass is 16.7. The van der Waals surface area contributed by atoms with Gasteiger partial charge in [-0.3, -0.25) is 0 Å². The normalized spacial score (nSPS) is 42.2. The molecule has 0 N–H and O–H groups in total. The molecule has 2 saturated heterocycles. The maximum absolute atomic E-state index is 5.77. The first-order valence-corrected chi connectivity index (χ1v) is 6.62. The lowest BCUT2D eigenvalue weighted by Gasteiger charge is -2.18. The van der Waals surface area contributed by atoms with Crippen molar-refractivity contribution in [2.45, 2.75) is 51.8 Å². The van der Waals surface area contributed by atoms with E-state index in [-0.39, 0.29) is 18.7 Å². The van der Waals surface area contributed by atoms with E-state index in [0.29, 0.717) is 18.4 Å². The Morgan fingerprint density at radius 1 is 1.24 bits per heavy atom. The third-order valence-electron chi connectivity index (χ3n) is 3.90. The molecule has 4 nitrogen and oxygen atoms in total. The Balaban J connectivity index is 1.60. The minimum atomic E-state index is -0.0235. The molecule has 5 atom stereocenters. The summed E-state index contributed by atoms with van der Waals surface area (Å²) in [5, 5.41) is 0. The van der Waals surface area contributed by atoms with Crippen molar-refractivity contribution in [3.05, 3.63) is 0 Å². The Morgan fingerprint density at radius 3 is 2.65 bits per heavy atom. The molecule has 0 saturated carbocycles. The Morgan fingerprint density at radius 2 is 2.06 bits per heavy atom. The molecule has 2 heterocycles.